The highest BCUT2D eigenvalue weighted by Crippen LogP contribution is 2.28. The van der Waals surface area contributed by atoms with E-state index >= 15 is 0 Å². The lowest BCUT2D eigenvalue weighted by Gasteiger charge is -2.12. The molecule has 1 aromatic rings. The van der Waals surface area contributed by atoms with Gasteiger partial charge in [-0.25, -0.2) is 0 Å². The highest BCUT2D eigenvalue weighted by atomic mass is 35.5. The van der Waals surface area contributed by atoms with Crippen molar-refractivity contribution in [3.05, 3.63) is 35.4 Å². The molecule has 0 saturated carbocycles. The molecule has 0 saturated heterocycles. The maximum absolute atomic E-state index is 12.4. The number of amides is 1. The molecule has 1 aromatic carbocycles. The summed E-state index contributed by atoms with van der Waals surface area (Å²) in [5.74, 6) is -0.443. The van der Waals surface area contributed by atoms with Crippen LogP contribution >= 0.6 is 12.4 Å². The van der Waals surface area contributed by atoms with E-state index in [-0.39, 0.29) is 30.6 Å². The minimum absolute atomic E-state index is 0. The van der Waals surface area contributed by atoms with Crippen molar-refractivity contribution in [1.82, 2.24) is 5.32 Å². The predicted molar refractivity (Wildman–Crippen MR) is 77.3 cm³/mol. The zero-order valence-corrected chi connectivity index (χ0v) is 12.1. The summed E-state index contributed by atoms with van der Waals surface area (Å²) in [5.41, 5.74) is 10.5. The van der Waals surface area contributed by atoms with Gasteiger partial charge in [-0.3, -0.25) is 4.79 Å². The van der Waals surface area contributed by atoms with Crippen molar-refractivity contribution in [3.8, 4) is 0 Å². The molecule has 8 heteroatoms. The van der Waals surface area contributed by atoms with Gasteiger partial charge < -0.3 is 16.8 Å². The first-order valence-corrected chi connectivity index (χ1v) is 6.25. The van der Waals surface area contributed by atoms with Crippen molar-refractivity contribution in [1.29, 1.82) is 0 Å². The lowest BCUT2D eigenvalue weighted by molar-refractivity contribution is -0.137. The highest BCUT2D eigenvalue weighted by Gasteiger charge is 2.30. The summed E-state index contributed by atoms with van der Waals surface area (Å²) < 4.78 is 37.1. The average Bonchev–Trinajstić information content (AvgIpc) is 2.41. The van der Waals surface area contributed by atoms with Crippen LogP contribution < -0.4 is 16.8 Å². The van der Waals surface area contributed by atoms with Crippen LogP contribution in [0.15, 0.2) is 24.3 Å². The van der Waals surface area contributed by atoms with Gasteiger partial charge in [0.25, 0.3) is 5.91 Å². The Balaban J connectivity index is 0.00000400. The first-order valence-electron chi connectivity index (χ1n) is 6.25. The third-order valence-electron chi connectivity index (χ3n) is 2.78. The molecule has 0 spiro atoms. The maximum atomic E-state index is 12.4. The third-order valence-corrected chi connectivity index (χ3v) is 2.78. The summed E-state index contributed by atoms with van der Waals surface area (Å²) in [5, 5.41) is 2.58. The van der Waals surface area contributed by atoms with Crippen LogP contribution in [0.4, 0.5) is 13.2 Å². The molecule has 0 aromatic heterocycles. The van der Waals surface area contributed by atoms with E-state index < -0.39 is 17.6 Å². The first kappa shape index (κ1) is 19.7. The smallest absolute Gasteiger partial charge is 0.350 e. The van der Waals surface area contributed by atoms with E-state index in [9.17, 15) is 18.0 Å². The van der Waals surface area contributed by atoms with Crippen LogP contribution in [-0.4, -0.2) is 25.0 Å². The number of hydrogen-bond acceptors (Lipinski definition) is 3. The second-order valence-electron chi connectivity index (χ2n) is 4.48. The number of alkyl halides is 3. The zero-order chi connectivity index (χ0) is 15.2. The summed E-state index contributed by atoms with van der Waals surface area (Å²) in [7, 11) is 0. The number of nitrogens with two attached hydrogens (primary N) is 2. The summed E-state index contributed by atoms with van der Waals surface area (Å²) in [6.07, 6.45) is -2.96. The quantitative estimate of drug-likeness (QED) is 0.747. The van der Waals surface area contributed by atoms with Gasteiger partial charge in [0.2, 0.25) is 0 Å². The van der Waals surface area contributed by atoms with Crippen molar-refractivity contribution in [2.45, 2.75) is 25.1 Å². The van der Waals surface area contributed by atoms with Crippen LogP contribution in [0.25, 0.3) is 0 Å². The van der Waals surface area contributed by atoms with Crippen LogP contribution in [-0.2, 0) is 6.18 Å². The van der Waals surface area contributed by atoms with Crippen LogP contribution in [0.2, 0.25) is 0 Å². The van der Waals surface area contributed by atoms with Crippen LogP contribution in [0.1, 0.15) is 28.8 Å². The summed E-state index contributed by atoms with van der Waals surface area (Å²) in [6.45, 7) is 0.792. The minimum Gasteiger partial charge on any atom is -0.350 e. The number of halogens is 4. The molecule has 1 rings (SSSR count). The van der Waals surface area contributed by atoms with Gasteiger partial charge in [-0.1, -0.05) is 0 Å². The number of nitrogens with one attached hydrogen (secondary N) is 1. The van der Waals surface area contributed by atoms with Gasteiger partial charge in [0, 0.05) is 18.2 Å². The van der Waals surface area contributed by atoms with Crippen molar-refractivity contribution >= 4 is 18.3 Å². The molecular formula is C13H19ClF3N3O. The molecule has 120 valence electrons. The lowest BCUT2D eigenvalue weighted by Crippen LogP contribution is -2.37. The number of carbonyl (C=O) groups excluding carboxylic acids is 1. The fourth-order valence-electron chi connectivity index (χ4n) is 1.62. The Hall–Kier alpha value is -1.31. The Morgan fingerprint density at radius 3 is 2.29 bits per heavy atom. The molecule has 0 bridgehead atoms. The third kappa shape index (κ3) is 6.79. The molecule has 0 radical (unpaired) electrons. The van der Waals surface area contributed by atoms with Crippen molar-refractivity contribution in [2.24, 2.45) is 11.5 Å². The molecule has 4 nitrogen and oxygen atoms in total. The lowest BCUT2D eigenvalue weighted by atomic mass is 10.1. The Morgan fingerprint density at radius 1 is 1.24 bits per heavy atom. The fourth-order valence-corrected chi connectivity index (χ4v) is 1.62. The Morgan fingerprint density at radius 2 is 1.81 bits per heavy atom. The largest absolute Gasteiger partial charge is 0.416 e. The van der Waals surface area contributed by atoms with Crippen molar-refractivity contribution < 1.29 is 18.0 Å². The fraction of sp³-hybridized carbons (Fsp3) is 0.462. The molecule has 0 fully saturated rings. The SMILES string of the molecule is Cl.NCCCC(N)CNC(=O)c1ccc(C(F)(F)F)cc1. The molecule has 0 aliphatic carbocycles. The number of carbonyl (C=O) groups is 1. The topological polar surface area (TPSA) is 81.1 Å². The van der Waals surface area contributed by atoms with Crippen LogP contribution in [0, 0.1) is 0 Å². The minimum atomic E-state index is -4.40. The molecule has 0 heterocycles. The average molecular weight is 326 g/mol. The van der Waals surface area contributed by atoms with Gasteiger partial charge in [-0.15, -0.1) is 12.4 Å². The van der Waals surface area contributed by atoms with E-state index in [4.69, 9.17) is 11.5 Å². The molecule has 0 aliphatic heterocycles. The molecule has 1 atom stereocenters. The zero-order valence-electron chi connectivity index (χ0n) is 11.3. The second-order valence-corrected chi connectivity index (χ2v) is 4.48. The molecule has 21 heavy (non-hydrogen) atoms. The summed E-state index contributed by atoms with van der Waals surface area (Å²) in [4.78, 5) is 11.7. The molecule has 1 unspecified atom stereocenters. The predicted octanol–water partition coefficient (Wildman–Crippen LogP) is 1.92. The van der Waals surface area contributed by atoms with Crippen molar-refractivity contribution in [2.75, 3.05) is 13.1 Å². The van der Waals surface area contributed by atoms with E-state index in [0.29, 0.717) is 13.0 Å². The second kappa shape index (κ2) is 8.86. The van der Waals surface area contributed by atoms with Crippen LogP contribution in [0.3, 0.4) is 0 Å². The monoisotopic (exact) mass is 325 g/mol. The molecule has 5 N–H and O–H groups in total. The molecular weight excluding hydrogens is 307 g/mol. The van der Waals surface area contributed by atoms with Gasteiger partial charge in [0.1, 0.15) is 0 Å². The maximum Gasteiger partial charge on any atom is 0.416 e. The Kier molecular flexibility index (Phi) is 8.31. The highest BCUT2D eigenvalue weighted by molar-refractivity contribution is 5.94. The van der Waals surface area contributed by atoms with Gasteiger partial charge in [-0.05, 0) is 43.7 Å². The molecule has 1 amide bonds. The Labute approximate surface area is 127 Å². The molecule has 0 aliphatic rings. The summed E-state index contributed by atoms with van der Waals surface area (Å²) >= 11 is 0. The number of rotatable bonds is 6. The standard InChI is InChI=1S/C13H18F3N3O.ClH/c14-13(15,16)10-5-3-9(4-6-10)12(20)19-8-11(18)2-1-7-17;/h3-6,11H,1-2,7-8,17-18H2,(H,19,20);1H. The van der Waals surface area contributed by atoms with E-state index in [1.54, 1.807) is 0 Å². The van der Waals surface area contributed by atoms with E-state index in [2.05, 4.69) is 5.32 Å². The first-order chi connectivity index (χ1) is 9.34. The number of hydrogen-bond donors (Lipinski definition) is 3. The van der Waals surface area contributed by atoms with Gasteiger partial charge >= 0.3 is 6.18 Å². The van der Waals surface area contributed by atoms with Gasteiger partial charge in [0.15, 0.2) is 0 Å². The van der Waals surface area contributed by atoms with Crippen LogP contribution in [0.5, 0.6) is 0 Å². The van der Waals surface area contributed by atoms with E-state index in [0.717, 1.165) is 30.7 Å². The number of benzene rings is 1. The van der Waals surface area contributed by atoms with E-state index in [1.807, 2.05) is 0 Å². The van der Waals surface area contributed by atoms with Crippen molar-refractivity contribution in [3.63, 3.8) is 0 Å². The Bertz CT molecular complexity index is 437. The van der Waals surface area contributed by atoms with Gasteiger partial charge in [-0.2, -0.15) is 13.2 Å². The summed E-state index contributed by atoms with van der Waals surface area (Å²) in [6, 6.07) is 3.83. The van der Waals surface area contributed by atoms with Gasteiger partial charge in [0.05, 0.1) is 5.56 Å². The van der Waals surface area contributed by atoms with E-state index in [1.165, 1.54) is 0 Å². The normalized spacial score (nSPS) is 12.4.